The first-order chi connectivity index (χ1) is 11.0. The molecule has 2 aromatic carbocycles. The monoisotopic (exact) mass is 311 g/mol. The van der Waals surface area contributed by atoms with Gasteiger partial charge in [0.25, 0.3) is 5.91 Å². The number of benzene rings is 2. The zero-order chi connectivity index (χ0) is 16.8. The summed E-state index contributed by atoms with van der Waals surface area (Å²) in [4.78, 5) is 23.4. The maximum Gasteiger partial charge on any atom is 0.265 e. The van der Waals surface area contributed by atoms with Crippen LogP contribution in [0.1, 0.15) is 36.7 Å². The molecule has 0 heterocycles. The number of rotatable bonds is 6. The van der Waals surface area contributed by atoms with Crippen molar-refractivity contribution in [2.45, 2.75) is 33.3 Å². The fourth-order valence-corrected chi connectivity index (χ4v) is 2.09. The van der Waals surface area contributed by atoms with Gasteiger partial charge in [-0.2, -0.15) is 0 Å². The van der Waals surface area contributed by atoms with Crippen LogP contribution in [0.4, 0.5) is 5.69 Å². The summed E-state index contributed by atoms with van der Waals surface area (Å²) in [5, 5.41) is 2.82. The second-order valence-electron chi connectivity index (χ2n) is 5.38. The highest BCUT2D eigenvalue weighted by molar-refractivity contribution is 5.95. The Balaban J connectivity index is 1.94. The summed E-state index contributed by atoms with van der Waals surface area (Å²) < 4.78 is 5.60. The van der Waals surface area contributed by atoms with Gasteiger partial charge in [-0.15, -0.1) is 0 Å². The fraction of sp³-hybridized carbons (Fsp3) is 0.263. The van der Waals surface area contributed by atoms with Gasteiger partial charge in [0.1, 0.15) is 5.75 Å². The first-order valence-corrected chi connectivity index (χ1v) is 7.67. The molecule has 0 saturated carbocycles. The molecule has 0 spiro atoms. The van der Waals surface area contributed by atoms with Crippen LogP contribution in [0.3, 0.4) is 0 Å². The van der Waals surface area contributed by atoms with E-state index in [2.05, 4.69) is 12.2 Å². The Bertz CT molecular complexity index is 675. The van der Waals surface area contributed by atoms with Crippen molar-refractivity contribution in [3.8, 4) is 5.75 Å². The molecule has 0 aromatic heterocycles. The normalized spacial score (nSPS) is 11.6. The van der Waals surface area contributed by atoms with Crippen LogP contribution in [0.15, 0.2) is 48.5 Å². The first-order valence-electron chi connectivity index (χ1n) is 7.67. The van der Waals surface area contributed by atoms with Crippen LogP contribution in [0, 0.1) is 0 Å². The molecular weight excluding hydrogens is 290 g/mol. The standard InChI is InChI=1S/C19H21NO3/c1-4-15-5-9-17(10-6-15)20-19(22)14(3)23-18-11-7-16(8-12-18)13(2)21/h5-12,14H,4H2,1-3H3,(H,20,22). The van der Waals surface area contributed by atoms with Crippen molar-refractivity contribution >= 4 is 17.4 Å². The summed E-state index contributed by atoms with van der Waals surface area (Å²) in [6.07, 6.45) is 0.327. The van der Waals surface area contributed by atoms with Crippen molar-refractivity contribution in [1.29, 1.82) is 0 Å². The van der Waals surface area contributed by atoms with E-state index in [1.165, 1.54) is 12.5 Å². The number of Topliss-reactive ketones (excluding diaryl/α,β-unsaturated/α-hetero) is 1. The molecule has 4 nitrogen and oxygen atoms in total. The lowest BCUT2D eigenvalue weighted by Crippen LogP contribution is -2.30. The average molecular weight is 311 g/mol. The number of anilines is 1. The number of hydrogen-bond acceptors (Lipinski definition) is 3. The van der Waals surface area contributed by atoms with E-state index < -0.39 is 6.10 Å². The van der Waals surface area contributed by atoms with Crippen LogP contribution in [-0.4, -0.2) is 17.8 Å². The van der Waals surface area contributed by atoms with Crippen molar-refractivity contribution < 1.29 is 14.3 Å². The highest BCUT2D eigenvalue weighted by Gasteiger charge is 2.15. The van der Waals surface area contributed by atoms with E-state index >= 15 is 0 Å². The summed E-state index contributed by atoms with van der Waals surface area (Å²) in [6, 6.07) is 14.5. The lowest BCUT2D eigenvalue weighted by atomic mass is 10.1. The van der Waals surface area contributed by atoms with Gasteiger partial charge in [-0.3, -0.25) is 9.59 Å². The molecule has 1 amide bonds. The Kier molecular flexibility index (Phi) is 5.52. The molecule has 2 rings (SSSR count). The van der Waals surface area contributed by atoms with Crippen LogP contribution in [0.2, 0.25) is 0 Å². The van der Waals surface area contributed by atoms with E-state index in [4.69, 9.17) is 4.74 Å². The quantitative estimate of drug-likeness (QED) is 0.824. The van der Waals surface area contributed by atoms with Crippen LogP contribution in [0.25, 0.3) is 0 Å². The largest absolute Gasteiger partial charge is 0.481 e. The number of ketones is 1. The van der Waals surface area contributed by atoms with Gasteiger partial charge in [-0.1, -0.05) is 19.1 Å². The molecule has 0 aliphatic heterocycles. The highest BCUT2D eigenvalue weighted by atomic mass is 16.5. The predicted molar refractivity (Wildman–Crippen MR) is 91.0 cm³/mol. The van der Waals surface area contributed by atoms with E-state index in [1.54, 1.807) is 31.2 Å². The minimum absolute atomic E-state index is 0.00197. The predicted octanol–water partition coefficient (Wildman–Crippen LogP) is 3.86. The lowest BCUT2D eigenvalue weighted by molar-refractivity contribution is -0.122. The van der Waals surface area contributed by atoms with E-state index in [9.17, 15) is 9.59 Å². The molecule has 23 heavy (non-hydrogen) atoms. The highest BCUT2D eigenvalue weighted by Crippen LogP contribution is 2.16. The van der Waals surface area contributed by atoms with Gasteiger partial charge < -0.3 is 10.1 Å². The number of nitrogens with one attached hydrogen (secondary N) is 1. The maximum absolute atomic E-state index is 12.2. The summed E-state index contributed by atoms with van der Waals surface area (Å²) in [5.41, 5.74) is 2.58. The van der Waals surface area contributed by atoms with Crippen LogP contribution in [0.5, 0.6) is 5.75 Å². The number of carbonyl (C=O) groups is 2. The minimum atomic E-state index is -0.635. The van der Waals surface area contributed by atoms with Crippen molar-refractivity contribution in [3.05, 3.63) is 59.7 Å². The van der Waals surface area contributed by atoms with Gasteiger partial charge in [0.05, 0.1) is 0 Å². The molecule has 0 fully saturated rings. The Morgan fingerprint density at radius 3 is 2.17 bits per heavy atom. The van der Waals surface area contributed by atoms with E-state index in [-0.39, 0.29) is 11.7 Å². The molecule has 0 aliphatic carbocycles. The minimum Gasteiger partial charge on any atom is -0.481 e. The molecule has 1 atom stereocenters. The average Bonchev–Trinajstić information content (AvgIpc) is 2.56. The third-order valence-electron chi connectivity index (χ3n) is 3.57. The summed E-state index contributed by atoms with van der Waals surface area (Å²) in [5.74, 6) is 0.335. The number of aryl methyl sites for hydroxylation is 1. The Hall–Kier alpha value is -2.62. The third kappa shape index (κ3) is 4.68. The second kappa shape index (κ2) is 7.58. The molecule has 0 radical (unpaired) electrons. The molecule has 0 bridgehead atoms. The van der Waals surface area contributed by atoms with Crippen molar-refractivity contribution in [1.82, 2.24) is 0 Å². The van der Waals surface area contributed by atoms with Gasteiger partial charge in [-0.25, -0.2) is 0 Å². The molecule has 4 heteroatoms. The topological polar surface area (TPSA) is 55.4 Å². The zero-order valence-corrected chi connectivity index (χ0v) is 13.6. The molecule has 1 unspecified atom stereocenters. The molecule has 120 valence electrons. The van der Waals surface area contributed by atoms with Gasteiger partial charge >= 0.3 is 0 Å². The SMILES string of the molecule is CCc1ccc(NC(=O)C(C)Oc2ccc(C(C)=O)cc2)cc1. The van der Waals surface area contributed by atoms with Gasteiger partial charge in [0, 0.05) is 11.3 Å². The number of ether oxygens (including phenoxy) is 1. The molecule has 0 aliphatic rings. The third-order valence-corrected chi connectivity index (χ3v) is 3.57. The summed E-state index contributed by atoms with van der Waals surface area (Å²) in [7, 11) is 0. The number of hydrogen-bond donors (Lipinski definition) is 1. The first kappa shape index (κ1) is 16.7. The van der Waals surface area contributed by atoms with Crippen molar-refractivity contribution in [2.75, 3.05) is 5.32 Å². The van der Waals surface area contributed by atoms with Crippen molar-refractivity contribution in [3.63, 3.8) is 0 Å². The molecular formula is C19H21NO3. The molecule has 0 saturated heterocycles. The van der Waals surface area contributed by atoms with Gasteiger partial charge in [0.2, 0.25) is 0 Å². The van der Waals surface area contributed by atoms with Gasteiger partial charge in [0.15, 0.2) is 11.9 Å². The van der Waals surface area contributed by atoms with Crippen molar-refractivity contribution in [2.24, 2.45) is 0 Å². The Morgan fingerprint density at radius 1 is 1.04 bits per heavy atom. The van der Waals surface area contributed by atoms with Crippen LogP contribution < -0.4 is 10.1 Å². The number of carbonyl (C=O) groups excluding carboxylic acids is 2. The number of amides is 1. The second-order valence-corrected chi connectivity index (χ2v) is 5.38. The van der Waals surface area contributed by atoms with Crippen LogP contribution >= 0.6 is 0 Å². The molecule has 1 N–H and O–H groups in total. The van der Waals surface area contributed by atoms with E-state index in [1.807, 2.05) is 24.3 Å². The van der Waals surface area contributed by atoms with Crippen LogP contribution in [-0.2, 0) is 11.2 Å². The zero-order valence-electron chi connectivity index (χ0n) is 13.6. The Morgan fingerprint density at radius 2 is 1.65 bits per heavy atom. The summed E-state index contributed by atoms with van der Waals surface area (Å²) >= 11 is 0. The van der Waals surface area contributed by atoms with Gasteiger partial charge in [-0.05, 0) is 62.2 Å². The lowest BCUT2D eigenvalue weighted by Gasteiger charge is -2.15. The smallest absolute Gasteiger partial charge is 0.265 e. The fourth-order valence-electron chi connectivity index (χ4n) is 2.09. The Labute approximate surface area is 136 Å². The maximum atomic E-state index is 12.2. The van der Waals surface area contributed by atoms with E-state index in [0.717, 1.165) is 12.1 Å². The molecule has 2 aromatic rings. The summed E-state index contributed by atoms with van der Waals surface area (Å²) in [6.45, 7) is 5.28. The van der Waals surface area contributed by atoms with E-state index in [0.29, 0.717) is 11.3 Å².